The zero-order valence-corrected chi connectivity index (χ0v) is 22.6. The lowest BCUT2D eigenvalue weighted by atomic mass is 9.68. The van der Waals surface area contributed by atoms with Gasteiger partial charge in [0.1, 0.15) is 0 Å². The molecule has 1 aliphatic carbocycles. The molecule has 3 rings (SSSR count). The molecule has 196 valence electrons. The molecule has 1 spiro atoms. The molecule has 0 radical (unpaired) electrons. The minimum Gasteiger partial charge on any atom is -0.385 e. The molecule has 1 aromatic rings. The Kier molecular flexibility index (Phi) is 9.72. The number of urea groups is 1. The first kappa shape index (κ1) is 27.6. The van der Waals surface area contributed by atoms with Crippen LogP contribution in [0.2, 0.25) is 0 Å². The number of rotatable bonds is 12. The minimum absolute atomic E-state index is 0.0284. The number of amides is 3. The molecule has 1 aromatic carbocycles. The summed E-state index contributed by atoms with van der Waals surface area (Å²) in [6, 6.07) is 10.7. The molecular formula is C26H42N4O4S. The highest BCUT2D eigenvalue weighted by molar-refractivity contribution is 7.84. The summed E-state index contributed by atoms with van der Waals surface area (Å²) >= 11 is 0. The summed E-state index contributed by atoms with van der Waals surface area (Å²) in [5.74, 6) is 0.342. The van der Waals surface area contributed by atoms with Gasteiger partial charge in [-0.1, -0.05) is 30.3 Å². The third-order valence-electron chi connectivity index (χ3n) is 7.78. The molecule has 8 nitrogen and oxygen atoms in total. The maximum atomic E-state index is 13.5. The van der Waals surface area contributed by atoms with Gasteiger partial charge in [-0.15, -0.1) is 0 Å². The zero-order chi connectivity index (χ0) is 25.5. The largest absolute Gasteiger partial charge is 0.385 e. The van der Waals surface area contributed by atoms with Crippen LogP contribution in [-0.4, -0.2) is 102 Å². The van der Waals surface area contributed by atoms with Crippen molar-refractivity contribution in [1.82, 2.24) is 20.0 Å². The third-order valence-corrected chi connectivity index (χ3v) is 8.56. The van der Waals surface area contributed by atoms with Crippen molar-refractivity contribution in [3.05, 3.63) is 35.9 Å². The molecule has 2 aliphatic rings. The second kappa shape index (κ2) is 12.3. The molecule has 0 bridgehead atoms. The number of carbonyl (C=O) groups is 2. The van der Waals surface area contributed by atoms with Crippen LogP contribution in [-0.2, 0) is 25.9 Å². The maximum absolute atomic E-state index is 13.5. The summed E-state index contributed by atoms with van der Waals surface area (Å²) < 4.78 is 16.5. The predicted octanol–water partition coefficient (Wildman–Crippen LogP) is 2.42. The van der Waals surface area contributed by atoms with E-state index in [1.54, 1.807) is 13.4 Å². The molecule has 3 amide bonds. The average Bonchev–Trinajstić information content (AvgIpc) is 3.09. The fourth-order valence-corrected chi connectivity index (χ4v) is 6.10. The SMILES string of the molecule is COCCCN1C(=O)N(CCC(=O)NCCS(C)=O)CC12CCC(c1ccccc1)(N(C)C)CC2. The number of hydrogen-bond donors (Lipinski definition) is 1. The topological polar surface area (TPSA) is 82.2 Å². The summed E-state index contributed by atoms with van der Waals surface area (Å²) in [6.45, 7) is 2.74. The van der Waals surface area contributed by atoms with Crippen LogP contribution in [0.15, 0.2) is 30.3 Å². The maximum Gasteiger partial charge on any atom is 0.320 e. The first-order valence-electron chi connectivity index (χ1n) is 12.6. The van der Waals surface area contributed by atoms with E-state index in [1.807, 2.05) is 4.90 Å². The van der Waals surface area contributed by atoms with E-state index < -0.39 is 10.8 Å². The lowest BCUT2D eigenvalue weighted by Gasteiger charge is -2.51. The van der Waals surface area contributed by atoms with E-state index in [2.05, 4.69) is 59.5 Å². The number of nitrogens with zero attached hydrogens (tertiary/aromatic N) is 3. The predicted molar refractivity (Wildman–Crippen MR) is 140 cm³/mol. The number of methoxy groups -OCH3 is 1. The Hall–Kier alpha value is -1.97. The van der Waals surface area contributed by atoms with Crippen LogP contribution in [0.4, 0.5) is 4.79 Å². The van der Waals surface area contributed by atoms with Crippen LogP contribution in [0.5, 0.6) is 0 Å². The summed E-state index contributed by atoms with van der Waals surface area (Å²) in [7, 11) is 5.06. The molecule has 1 unspecified atom stereocenters. The van der Waals surface area contributed by atoms with E-state index in [9.17, 15) is 13.8 Å². The molecule has 35 heavy (non-hydrogen) atoms. The monoisotopic (exact) mass is 506 g/mol. The summed E-state index contributed by atoms with van der Waals surface area (Å²) in [4.78, 5) is 32.0. The molecule has 1 atom stereocenters. The number of nitrogens with one attached hydrogen (secondary N) is 1. The minimum atomic E-state index is -0.934. The van der Waals surface area contributed by atoms with Gasteiger partial charge < -0.3 is 19.9 Å². The smallest absolute Gasteiger partial charge is 0.320 e. The van der Waals surface area contributed by atoms with Crippen LogP contribution in [0.1, 0.15) is 44.1 Å². The Morgan fingerprint density at radius 2 is 1.83 bits per heavy atom. The van der Waals surface area contributed by atoms with Gasteiger partial charge in [-0.05, 0) is 51.8 Å². The molecular weight excluding hydrogens is 464 g/mol. The van der Waals surface area contributed by atoms with Crippen molar-refractivity contribution < 1.29 is 18.5 Å². The standard InChI is InChI=1S/C26H42N4O4S/c1-28(2)26(22-9-6-5-7-10-22)14-12-25(13-15-26)21-29(24(32)30(25)17-8-19-34-3)18-11-23(31)27-16-20-35(4)33/h5-7,9-10H,8,11-21H2,1-4H3,(H,27,31). The van der Waals surface area contributed by atoms with Crippen LogP contribution in [0, 0.1) is 0 Å². The highest BCUT2D eigenvalue weighted by Gasteiger charge is 2.54. The van der Waals surface area contributed by atoms with Gasteiger partial charge in [0, 0.05) is 74.7 Å². The fraction of sp³-hybridized carbons (Fsp3) is 0.692. The Bertz CT molecular complexity index is 871. The second-order valence-electron chi connectivity index (χ2n) is 10.1. The number of benzene rings is 1. The first-order valence-corrected chi connectivity index (χ1v) is 14.3. The van der Waals surface area contributed by atoms with Gasteiger partial charge in [-0.25, -0.2) is 4.79 Å². The Balaban J connectivity index is 1.71. The first-order chi connectivity index (χ1) is 16.7. The molecule has 1 heterocycles. The van der Waals surface area contributed by atoms with Gasteiger partial charge in [-0.3, -0.25) is 13.9 Å². The fourth-order valence-electron chi connectivity index (χ4n) is 5.71. The van der Waals surface area contributed by atoms with Crippen LogP contribution in [0.25, 0.3) is 0 Å². The number of carbonyl (C=O) groups excluding carboxylic acids is 2. The average molecular weight is 507 g/mol. The number of hydrogen-bond acceptors (Lipinski definition) is 5. The molecule has 1 N–H and O–H groups in total. The van der Waals surface area contributed by atoms with Crippen molar-refractivity contribution >= 4 is 22.7 Å². The zero-order valence-electron chi connectivity index (χ0n) is 21.8. The molecule has 1 saturated carbocycles. The highest BCUT2D eigenvalue weighted by Crippen LogP contribution is 2.48. The lowest BCUT2D eigenvalue weighted by Crippen LogP contribution is -2.55. The van der Waals surface area contributed by atoms with Crippen LogP contribution >= 0.6 is 0 Å². The van der Waals surface area contributed by atoms with E-state index in [0.29, 0.717) is 38.5 Å². The van der Waals surface area contributed by atoms with Crippen LogP contribution < -0.4 is 5.32 Å². The van der Waals surface area contributed by atoms with E-state index in [-0.39, 0.29) is 29.4 Å². The molecule has 9 heteroatoms. The Labute approximate surface area is 212 Å². The van der Waals surface area contributed by atoms with E-state index >= 15 is 0 Å². The molecule has 1 saturated heterocycles. The summed E-state index contributed by atoms with van der Waals surface area (Å²) in [5.41, 5.74) is 1.08. The van der Waals surface area contributed by atoms with Crippen molar-refractivity contribution in [2.24, 2.45) is 0 Å². The molecule has 1 aliphatic heterocycles. The van der Waals surface area contributed by atoms with Gasteiger partial charge in [-0.2, -0.15) is 0 Å². The van der Waals surface area contributed by atoms with Crippen LogP contribution in [0.3, 0.4) is 0 Å². The Morgan fingerprint density at radius 1 is 1.14 bits per heavy atom. The van der Waals surface area contributed by atoms with Gasteiger partial charge >= 0.3 is 6.03 Å². The highest BCUT2D eigenvalue weighted by atomic mass is 32.2. The molecule has 2 fully saturated rings. The van der Waals surface area contributed by atoms with Gasteiger partial charge in [0.2, 0.25) is 5.91 Å². The van der Waals surface area contributed by atoms with E-state index in [0.717, 1.165) is 32.1 Å². The number of ether oxygens (including phenoxy) is 1. The van der Waals surface area contributed by atoms with Crippen molar-refractivity contribution in [3.63, 3.8) is 0 Å². The second-order valence-corrected chi connectivity index (χ2v) is 11.7. The van der Waals surface area contributed by atoms with Gasteiger partial charge in [0.05, 0.1) is 5.54 Å². The lowest BCUT2D eigenvalue weighted by molar-refractivity contribution is -0.121. The quantitative estimate of drug-likeness (QED) is 0.441. The summed E-state index contributed by atoms with van der Waals surface area (Å²) in [6.07, 6.45) is 6.47. The third kappa shape index (κ3) is 6.43. The summed E-state index contributed by atoms with van der Waals surface area (Å²) in [5, 5.41) is 2.81. The van der Waals surface area contributed by atoms with Gasteiger partial charge in [0.15, 0.2) is 0 Å². The van der Waals surface area contributed by atoms with Crippen molar-refractivity contribution in [2.75, 3.05) is 66.0 Å². The van der Waals surface area contributed by atoms with Crippen molar-refractivity contribution in [1.29, 1.82) is 0 Å². The van der Waals surface area contributed by atoms with E-state index in [4.69, 9.17) is 4.74 Å². The van der Waals surface area contributed by atoms with Crippen molar-refractivity contribution in [3.8, 4) is 0 Å². The van der Waals surface area contributed by atoms with Gasteiger partial charge in [0.25, 0.3) is 0 Å². The van der Waals surface area contributed by atoms with Crippen molar-refractivity contribution in [2.45, 2.75) is 49.6 Å². The molecule has 0 aromatic heterocycles. The van der Waals surface area contributed by atoms with E-state index in [1.165, 1.54) is 5.56 Å². The Morgan fingerprint density at radius 3 is 2.43 bits per heavy atom. The normalized spacial score (nSPS) is 25.5.